The highest BCUT2D eigenvalue weighted by atomic mass is 79.9. The predicted molar refractivity (Wildman–Crippen MR) is 41.1 cm³/mol. The quantitative estimate of drug-likeness (QED) is 0.500. The van der Waals surface area contributed by atoms with Crippen molar-refractivity contribution >= 4 is 6.08 Å². The molecule has 0 fully saturated rings. The van der Waals surface area contributed by atoms with Crippen LogP contribution < -0.4 is 22.3 Å². The summed E-state index contributed by atoms with van der Waals surface area (Å²) in [5.41, 5.74) is 2.80. The molecule has 1 aliphatic rings. The molecule has 0 radical (unpaired) electrons. The monoisotopic (exact) mass is 211 g/mol. The van der Waals surface area contributed by atoms with E-state index in [4.69, 9.17) is 0 Å². The van der Waals surface area contributed by atoms with Gasteiger partial charge in [-0.3, -0.25) is 0 Å². The summed E-state index contributed by atoms with van der Waals surface area (Å²) < 4.78 is 0. The molecule has 2 rings (SSSR count). The van der Waals surface area contributed by atoms with Crippen LogP contribution in [0.1, 0.15) is 11.1 Å². The number of nitrogens with two attached hydrogens (primary N) is 1. The molecule has 0 aliphatic carbocycles. The molecule has 1 heterocycles. The Hall–Kier alpha value is -0.600. The minimum Gasteiger partial charge on any atom is -1.00 e. The SMILES string of the molecule is C1=Cc2ccccc2C[NH2+]1.[Br-]. The Labute approximate surface area is 76.9 Å². The average Bonchev–Trinajstić information content (AvgIpc) is 2.05. The second-order valence-corrected chi connectivity index (χ2v) is 2.50. The fourth-order valence-corrected chi connectivity index (χ4v) is 1.25. The van der Waals surface area contributed by atoms with Crippen LogP contribution >= 0.6 is 0 Å². The minimum atomic E-state index is 0. The first-order chi connectivity index (χ1) is 4.97. The number of halogens is 1. The molecule has 0 spiro atoms. The van der Waals surface area contributed by atoms with Crippen LogP contribution in [-0.4, -0.2) is 0 Å². The van der Waals surface area contributed by atoms with Crippen molar-refractivity contribution in [3.05, 3.63) is 41.6 Å². The lowest BCUT2D eigenvalue weighted by Crippen LogP contribution is -3.00. The predicted octanol–water partition coefficient (Wildman–Crippen LogP) is -2.26. The third-order valence-electron chi connectivity index (χ3n) is 1.80. The molecule has 1 aromatic rings. The third kappa shape index (κ3) is 1.70. The van der Waals surface area contributed by atoms with Gasteiger partial charge in [0.1, 0.15) is 6.54 Å². The lowest BCUT2D eigenvalue weighted by atomic mass is 10.1. The van der Waals surface area contributed by atoms with Crippen molar-refractivity contribution in [2.45, 2.75) is 6.54 Å². The van der Waals surface area contributed by atoms with Gasteiger partial charge in [0.05, 0.1) is 6.20 Å². The summed E-state index contributed by atoms with van der Waals surface area (Å²) in [5, 5.41) is 2.18. The number of benzene rings is 1. The van der Waals surface area contributed by atoms with Crippen LogP contribution in [0.3, 0.4) is 0 Å². The van der Waals surface area contributed by atoms with Crippen LogP contribution in [0.2, 0.25) is 0 Å². The van der Waals surface area contributed by atoms with Crippen LogP contribution in [0, 0.1) is 0 Å². The molecule has 1 nitrogen and oxygen atoms in total. The van der Waals surface area contributed by atoms with Crippen molar-refractivity contribution < 1.29 is 22.3 Å². The summed E-state index contributed by atoms with van der Waals surface area (Å²) in [6.45, 7) is 1.09. The van der Waals surface area contributed by atoms with Crippen molar-refractivity contribution in [3.63, 3.8) is 0 Å². The largest absolute Gasteiger partial charge is 1.00 e. The second-order valence-electron chi connectivity index (χ2n) is 2.50. The first-order valence-corrected chi connectivity index (χ1v) is 3.54. The maximum atomic E-state index is 2.18. The lowest BCUT2D eigenvalue weighted by molar-refractivity contribution is -0.604. The highest BCUT2D eigenvalue weighted by Crippen LogP contribution is 2.09. The van der Waals surface area contributed by atoms with E-state index in [1.54, 1.807) is 0 Å². The second kappa shape index (κ2) is 3.69. The third-order valence-corrected chi connectivity index (χ3v) is 1.80. The summed E-state index contributed by atoms with van der Waals surface area (Å²) in [6.07, 6.45) is 4.27. The molecule has 0 saturated carbocycles. The fourth-order valence-electron chi connectivity index (χ4n) is 1.25. The Morgan fingerprint density at radius 3 is 2.82 bits per heavy atom. The highest BCUT2D eigenvalue weighted by Gasteiger charge is 2.02. The number of hydrogen-bond acceptors (Lipinski definition) is 0. The molecular weight excluding hydrogens is 202 g/mol. The summed E-state index contributed by atoms with van der Waals surface area (Å²) in [4.78, 5) is 0. The van der Waals surface area contributed by atoms with Gasteiger partial charge >= 0.3 is 0 Å². The van der Waals surface area contributed by atoms with Gasteiger partial charge in [-0.1, -0.05) is 24.3 Å². The van der Waals surface area contributed by atoms with Crippen molar-refractivity contribution in [1.82, 2.24) is 0 Å². The molecule has 58 valence electrons. The van der Waals surface area contributed by atoms with E-state index in [1.807, 2.05) is 0 Å². The normalized spacial score (nSPS) is 13.5. The van der Waals surface area contributed by atoms with E-state index in [-0.39, 0.29) is 17.0 Å². The summed E-state index contributed by atoms with van der Waals surface area (Å²) >= 11 is 0. The van der Waals surface area contributed by atoms with Crippen molar-refractivity contribution in [2.75, 3.05) is 0 Å². The first kappa shape index (κ1) is 8.50. The van der Waals surface area contributed by atoms with Gasteiger partial charge < -0.3 is 22.3 Å². The average molecular weight is 212 g/mol. The molecule has 2 heteroatoms. The highest BCUT2D eigenvalue weighted by molar-refractivity contribution is 5.53. The Morgan fingerprint density at radius 2 is 2.00 bits per heavy atom. The maximum absolute atomic E-state index is 2.18. The number of quaternary nitrogens is 1. The molecular formula is C9H10BrN. The minimum absolute atomic E-state index is 0. The van der Waals surface area contributed by atoms with Crippen molar-refractivity contribution in [2.24, 2.45) is 0 Å². The number of rotatable bonds is 0. The van der Waals surface area contributed by atoms with E-state index in [0.29, 0.717) is 0 Å². The van der Waals surface area contributed by atoms with Gasteiger partial charge in [-0.2, -0.15) is 0 Å². The van der Waals surface area contributed by atoms with Gasteiger partial charge in [-0.15, -0.1) is 0 Å². The zero-order chi connectivity index (χ0) is 6.81. The Bertz CT molecular complexity index is 268. The summed E-state index contributed by atoms with van der Waals surface area (Å²) in [5.74, 6) is 0. The molecule has 0 bridgehead atoms. The Morgan fingerprint density at radius 1 is 1.18 bits per heavy atom. The van der Waals surface area contributed by atoms with E-state index in [1.165, 1.54) is 11.1 Å². The van der Waals surface area contributed by atoms with Crippen LogP contribution in [0.15, 0.2) is 30.5 Å². The molecule has 11 heavy (non-hydrogen) atoms. The Balaban J connectivity index is 0.000000605. The fraction of sp³-hybridized carbons (Fsp3) is 0.111. The van der Waals surface area contributed by atoms with E-state index in [0.717, 1.165) is 6.54 Å². The lowest BCUT2D eigenvalue weighted by Gasteiger charge is -2.06. The maximum Gasteiger partial charge on any atom is 0.106 e. The molecule has 0 aromatic heterocycles. The van der Waals surface area contributed by atoms with Crippen molar-refractivity contribution in [3.8, 4) is 0 Å². The van der Waals surface area contributed by atoms with Gasteiger partial charge in [0.25, 0.3) is 0 Å². The van der Waals surface area contributed by atoms with Gasteiger partial charge in [-0.05, 0) is 11.6 Å². The summed E-state index contributed by atoms with van der Waals surface area (Å²) in [7, 11) is 0. The molecule has 0 amide bonds. The van der Waals surface area contributed by atoms with E-state index in [9.17, 15) is 0 Å². The zero-order valence-corrected chi connectivity index (χ0v) is 7.71. The smallest absolute Gasteiger partial charge is 0.106 e. The zero-order valence-electron chi connectivity index (χ0n) is 6.13. The van der Waals surface area contributed by atoms with E-state index < -0.39 is 0 Å². The topological polar surface area (TPSA) is 16.6 Å². The molecule has 1 aromatic carbocycles. The molecule has 0 unspecified atom stereocenters. The first-order valence-electron chi connectivity index (χ1n) is 3.54. The van der Waals surface area contributed by atoms with Gasteiger partial charge in [-0.25, -0.2) is 0 Å². The van der Waals surface area contributed by atoms with E-state index >= 15 is 0 Å². The van der Waals surface area contributed by atoms with Crippen LogP contribution in [0.25, 0.3) is 6.08 Å². The Kier molecular flexibility index (Phi) is 2.85. The van der Waals surface area contributed by atoms with Gasteiger partial charge in [0.2, 0.25) is 0 Å². The van der Waals surface area contributed by atoms with Crippen molar-refractivity contribution in [1.29, 1.82) is 0 Å². The molecule has 0 atom stereocenters. The van der Waals surface area contributed by atoms with Crippen LogP contribution in [0.5, 0.6) is 0 Å². The van der Waals surface area contributed by atoms with Gasteiger partial charge in [0, 0.05) is 5.56 Å². The number of hydrogen-bond donors (Lipinski definition) is 1. The number of fused-ring (bicyclic) bond motifs is 1. The van der Waals surface area contributed by atoms with E-state index in [2.05, 4.69) is 41.9 Å². The van der Waals surface area contributed by atoms with Gasteiger partial charge in [0.15, 0.2) is 0 Å². The standard InChI is InChI=1S/C9H9N.BrH/c1-2-4-9-7-10-6-5-8(9)3-1;/h1-6,10H,7H2;1H. The molecule has 2 N–H and O–H groups in total. The molecule has 1 aliphatic heterocycles. The van der Waals surface area contributed by atoms with Crippen LogP contribution in [0.4, 0.5) is 0 Å². The molecule has 0 saturated heterocycles. The van der Waals surface area contributed by atoms with Crippen LogP contribution in [-0.2, 0) is 6.54 Å². The summed E-state index contributed by atoms with van der Waals surface area (Å²) in [6, 6.07) is 8.49.